The van der Waals surface area contributed by atoms with Crippen LogP contribution in [0, 0.1) is 0 Å². The maximum absolute atomic E-state index is 12.8. The molecule has 0 aromatic heterocycles. The number of hydrogen-bond acceptors (Lipinski definition) is 2. The van der Waals surface area contributed by atoms with Crippen LogP contribution in [0.15, 0.2) is 53.0 Å². The van der Waals surface area contributed by atoms with Gasteiger partial charge >= 0.3 is 0 Å². The number of anilines is 1. The van der Waals surface area contributed by atoms with Crippen LogP contribution in [0.25, 0.3) is 0 Å². The lowest BCUT2D eigenvalue weighted by molar-refractivity contribution is -0.118. The number of carbonyl (C=O) groups excluding carboxylic acids is 1. The molecule has 0 saturated heterocycles. The first-order valence-corrected chi connectivity index (χ1v) is 8.80. The van der Waals surface area contributed by atoms with Crippen LogP contribution in [-0.4, -0.2) is 12.5 Å². The van der Waals surface area contributed by atoms with Crippen molar-refractivity contribution >= 4 is 27.5 Å². The number of benzene rings is 2. The molecular weight excluding hydrogens is 352 g/mol. The lowest BCUT2D eigenvalue weighted by Crippen LogP contribution is -2.27. The van der Waals surface area contributed by atoms with E-state index in [1.165, 1.54) is 5.56 Å². The zero-order chi connectivity index (χ0) is 16.3. The molecule has 0 bridgehead atoms. The molecule has 0 atom stereocenters. The van der Waals surface area contributed by atoms with Crippen LogP contribution in [0.3, 0.4) is 0 Å². The van der Waals surface area contributed by atoms with Gasteiger partial charge in [0.1, 0.15) is 0 Å². The summed E-state index contributed by atoms with van der Waals surface area (Å²) in [4.78, 5) is 12.8. The number of nitrogens with one attached hydrogen (secondary N) is 2. The largest absolute Gasteiger partial charge is 0.325 e. The maximum Gasteiger partial charge on any atom is 0.235 e. The topological polar surface area (TPSA) is 41.1 Å². The van der Waals surface area contributed by atoms with E-state index in [0.717, 1.165) is 41.7 Å². The Labute approximate surface area is 145 Å². The molecule has 3 nitrogen and oxygen atoms in total. The van der Waals surface area contributed by atoms with Crippen LogP contribution in [0.2, 0.25) is 0 Å². The lowest BCUT2D eigenvalue weighted by atomic mass is 9.95. The van der Waals surface area contributed by atoms with E-state index in [9.17, 15) is 4.79 Å². The normalized spacial score (nSPS) is 15.2. The van der Waals surface area contributed by atoms with Crippen LogP contribution in [0.5, 0.6) is 0 Å². The fourth-order valence-electron chi connectivity index (χ4n) is 2.84. The van der Waals surface area contributed by atoms with Gasteiger partial charge < -0.3 is 10.6 Å². The van der Waals surface area contributed by atoms with E-state index in [0.29, 0.717) is 0 Å². The maximum atomic E-state index is 12.8. The molecule has 1 aliphatic rings. The highest BCUT2D eigenvalue weighted by atomic mass is 79.9. The summed E-state index contributed by atoms with van der Waals surface area (Å²) in [7, 11) is 0. The quantitative estimate of drug-likeness (QED) is 0.796. The van der Waals surface area contributed by atoms with Crippen molar-refractivity contribution in [3.63, 3.8) is 0 Å². The summed E-state index contributed by atoms with van der Waals surface area (Å²) in [5, 5.41) is 6.40. The predicted octanol–water partition coefficient (Wildman–Crippen LogP) is 4.23. The first kappa shape index (κ1) is 16.2. The van der Waals surface area contributed by atoms with Crippen molar-refractivity contribution in [1.29, 1.82) is 0 Å². The molecule has 0 aliphatic heterocycles. The summed E-state index contributed by atoms with van der Waals surface area (Å²) in [5.74, 6) is 0.0937. The van der Waals surface area contributed by atoms with E-state index < -0.39 is 0 Å². The molecule has 0 unspecified atom stereocenters. The van der Waals surface area contributed by atoms with Crippen LogP contribution < -0.4 is 10.6 Å². The molecule has 4 heteroatoms. The van der Waals surface area contributed by atoms with Crippen LogP contribution >= 0.6 is 15.9 Å². The number of carbonyl (C=O) groups is 1. The third-order valence-corrected chi connectivity index (χ3v) is 4.82. The summed E-state index contributed by atoms with van der Waals surface area (Å²) < 4.78 is 1.02. The molecule has 1 aliphatic carbocycles. The molecule has 2 N–H and O–H groups in total. The van der Waals surface area contributed by atoms with Gasteiger partial charge in [0, 0.05) is 16.7 Å². The van der Waals surface area contributed by atoms with Crippen molar-refractivity contribution < 1.29 is 4.79 Å². The zero-order valence-corrected chi connectivity index (χ0v) is 14.8. The van der Waals surface area contributed by atoms with E-state index in [1.54, 1.807) is 0 Å². The van der Waals surface area contributed by atoms with Crippen molar-refractivity contribution in [2.45, 2.75) is 31.7 Å². The van der Waals surface area contributed by atoms with Gasteiger partial charge in [-0.3, -0.25) is 4.79 Å². The Bertz CT molecular complexity index is 710. The Morgan fingerprint density at radius 2 is 1.96 bits per heavy atom. The molecule has 0 heterocycles. The standard InChI is InChI=1S/C19H21BrN2O/c1-2-21-13-14-5-3-8-17(11-14)22-18(23)19(9-10-19)15-6-4-7-16(20)12-15/h3-8,11-12,21H,2,9-10,13H2,1H3,(H,22,23). The molecule has 0 spiro atoms. The fraction of sp³-hybridized carbons (Fsp3) is 0.316. The van der Waals surface area contributed by atoms with Gasteiger partial charge in [-0.25, -0.2) is 0 Å². The monoisotopic (exact) mass is 372 g/mol. The Kier molecular flexibility index (Phi) is 4.83. The van der Waals surface area contributed by atoms with Gasteiger partial charge in [-0.2, -0.15) is 0 Å². The van der Waals surface area contributed by atoms with Crippen LogP contribution in [-0.2, 0) is 16.8 Å². The Morgan fingerprint density at radius 3 is 2.65 bits per heavy atom. The Morgan fingerprint density at radius 1 is 1.17 bits per heavy atom. The van der Waals surface area contributed by atoms with E-state index in [-0.39, 0.29) is 11.3 Å². The highest BCUT2D eigenvalue weighted by Crippen LogP contribution is 2.49. The first-order chi connectivity index (χ1) is 11.1. The molecule has 2 aromatic rings. The van der Waals surface area contributed by atoms with Gasteiger partial charge in [-0.05, 0) is 54.8 Å². The van der Waals surface area contributed by atoms with Crippen LogP contribution in [0.1, 0.15) is 30.9 Å². The Hall–Kier alpha value is -1.65. The van der Waals surface area contributed by atoms with Gasteiger partial charge in [-0.15, -0.1) is 0 Å². The average Bonchev–Trinajstić information content (AvgIpc) is 3.35. The number of rotatable bonds is 6. The fourth-order valence-corrected chi connectivity index (χ4v) is 3.24. The summed E-state index contributed by atoms with van der Waals surface area (Å²) in [6.45, 7) is 3.83. The van der Waals surface area contributed by atoms with Gasteiger partial charge in [0.05, 0.1) is 5.41 Å². The van der Waals surface area contributed by atoms with Crippen molar-refractivity contribution in [2.75, 3.05) is 11.9 Å². The minimum Gasteiger partial charge on any atom is -0.325 e. The summed E-state index contributed by atoms with van der Waals surface area (Å²) in [6, 6.07) is 16.1. The zero-order valence-electron chi connectivity index (χ0n) is 13.2. The number of hydrogen-bond donors (Lipinski definition) is 2. The molecule has 120 valence electrons. The van der Waals surface area contributed by atoms with E-state index in [2.05, 4.69) is 39.6 Å². The molecule has 1 amide bonds. The SMILES string of the molecule is CCNCc1cccc(NC(=O)C2(c3cccc(Br)c3)CC2)c1. The van der Waals surface area contributed by atoms with E-state index in [1.807, 2.05) is 42.5 Å². The average molecular weight is 373 g/mol. The molecular formula is C19H21BrN2O. The summed E-state index contributed by atoms with van der Waals surface area (Å²) in [6.07, 6.45) is 1.82. The third kappa shape index (κ3) is 3.65. The second-order valence-corrected chi connectivity index (χ2v) is 6.94. The number of halogens is 1. The Balaban J connectivity index is 1.74. The molecule has 23 heavy (non-hydrogen) atoms. The van der Waals surface area contributed by atoms with E-state index >= 15 is 0 Å². The van der Waals surface area contributed by atoms with Gasteiger partial charge in [-0.1, -0.05) is 47.1 Å². The molecule has 0 radical (unpaired) electrons. The molecule has 3 rings (SSSR count). The van der Waals surface area contributed by atoms with Gasteiger partial charge in [0.2, 0.25) is 5.91 Å². The second-order valence-electron chi connectivity index (χ2n) is 6.03. The summed E-state index contributed by atoms with van der Waals surface area (Å²) >= 11 is 3.49. The predicted molar refractivity (Wildman–Crippen MR) is 97.5 cm³/mol. The van der Waals surface area contributed by atoms with Gasteiger partial charge in [0.15, 0.2) is 0 Å². The highest BCUT2D eigenvalue weighted by molar-refractivity contribution is 9.10. The van der Waals surface area contributed by atoms with Crippen molar-refractivity contribution in [2.24, 2.45) is 0 Å². The third-order valence-electron chi connectivity index (χ3n) is 4.33. The molecule has 2 aromatic carbocycles. The minimum atomic E-state index is -0.360. The minimum absolute atomic E-state index is 0.0937. The molecule has 1 saturated carbocycles. The van der Waals surface area contributed by atoms with Crippen molar-refractivity contribution in [3.8, 4) is 0 Å². The van der Waals surface area contributed by atoms with Crippen LogP contribution in [0.4, 0.5) is 5.69 Å². The number of amides is 1. The second kappa shape index (κ2) is 6.85. The lowest BCUT2D eigenvalue weighted by Gasteiger charge is -2.16. The highest BCUT2D eigenvalue weighted by Gasteiger charge is 2.51. The van der Waals surface area contributed by atoms with Crippen molar-refractivity contribution in [1.82, 2.24) is 5.32 Å². The smallest absolute Gasteiger partial charge is 0.235 e. The van der Waals surface area contributed by atoms with Crippen molar-refractivity contribution in [3.05, 3.63) is 64.1 Å². The first-order valence-electron chi connectivity index (χ1n) is 8.01. The molecule has 1 fully saturated rings. The summed E-state index contributed by atoms with van der Waals surface area (Å²) in [5.41, 5.74) is 2.78. The van der Waals surface area contributed by atoms with Gasteiger partial charge in [0.25, 0.3) is 0 Å². The van der Waals surface area contributed by atoms with E-state index in [4.69, 9.17) is 0 Å².